The van der Waals surface area contributed by atoms with E-state index in [1.165, 1.54) is 0 Å². The molecule has 154 valence electrons. The Morgan fingerprint density at radius 2 is 1.97 bits per heavy atom. The molecule has 1 spiro atoms. The Bertz CT molecular complexity index is 931. The highest BCUT2D eigenvalue weighted by Crippen LogP contribution is 2.45. The van der Waals surface area contributed by atoms with E-state index in [2.05, 4.69) is 28.7 Å². The number of fused-ring (bicyclic) bond motifs is 2. The van der Waals surface area contributed by atoms with Crippen LogP contribution in [0, 0.1) is 5.92 Å². The van der Waals surface area contributed by atoms with Crippen molar-refractivity contribution in [2.24, 2.45) is 5.92 Å². The molecule has 2 aliphatic heterocycles. The predicted octanol–water partition coefficient (Wildman–Crippen LogP) is 2.72. The van der Waals surface area contributed by atoms with Crippen molar-refractivity contribution in [1.82, 2.24) is 24.3 Å². The number of likely N-dealkylation sites (tertiary alicyclic amines) is 1. The van der Waals surface area contributed by atoms with Crippen molar-refractivity contribution in [3.63, 3.8) is 0 Å². The number of aromatic amines is 1. The first kappa shape index (κ1) is 18.5. The van der Waals surface area contributed by atoms with Crippen molar-refractivity contribution in [3.05, 3.63) is 41.7 Å². The highest BCUT2D eigenvalue weighted by atomic mass is 16.2. The Morgan fingerprint density at radius 1 is 1.21 bits per heavy atom. The minimum Gasteiger partial charge on any atom is -0.348 e. The third-order valence-electron chi connectivity index (χ3n) is 6.89. The van der Waals surface area contributed by atoms with Crippen LogP contribution in [0.3, 0.4) is 0 Å². The van der Waals surface area contributed by atoms with Gasteiger partial charge >= 0.3 is 0 Å². The summed E-state index contributed by atoms with van der Waals surface area (Å²) in [4.78, 5) is 38.3. The van der Waals surface area contributed by atoms with Gasteiger partial charge < -0.3 is 19.4 Å². The Labute approximate surface area is 171 Å². The van der Waals surface area contributed by atoms with Gasteiger partial charge in [-0.05, 0) is 51.7 Å². The number of carbonyl (C=O) groups excluding carboxylic acids is 2. The SMILES string of the molecule is CC(C)n1cccc1C(=O)N1CCC2(CC1)c1nc[nH]c1CCN2C(=O)C1CC1. The molecule has 0 bridgehead atoms. The van der Waals surface area contributed by atoms with Crippen molar-refractivity contribution >= 4 is 11.8 Å². The zero-order valence-corrected chi connectivity index (χ0v) is 17.2. The van der Waals surface area contributed by atoms with Gasteiger partial charge in [0.25, 0.3) is 5.91 Å². The number of rotatable bonds is 3. The van der Waals surface area contributed by atoms with Crippen LogP contribution < -0.4 is 0 Å². The number of piperidine rings is 1. The van der Waals surface area contributed by atoms with E-state index in [1.807, 2.05) is 27.8 Å². The molecule has 7 nitrogen and oxygen atoms in total. The van der Waals surface area contributed by atoms with E-state index in [0.717, 1.165) is 55.7 Å². The number of hydrogen-bond acceptors (Lipinski definition) is 3. The fraction of sp³-hybridized carbons (Fsp3) is 0.591. The fourth-order valence-electron chi connectivity index (χ4n) is 5.12. The number of nitrogens with zero attached hydrogens (tertiary/aromatic N) is 4. The van der Waals surface area contributed by atoms with Crippen molar-refractivity contribution in [1.29, 1.82) is 0 Å². The van der Waals surface area contributed by atoms with Gasteiger partial charge in [-0.3, -0.25) is 9.59 Å². The van der Waals surface area contributed by atoms with Gasteiger partial charge in [0, 0.05) is 49.9 Å². The Morgan fingerprint density at radius 3 is 2.66 bits per heavy atom. The topological polar surface area (TPSA) is 74.2 Å². The number of aromatic nitrogens is 3. The third kappa shape index (κ3) is 2.90. The van der Waals surface area contributed by atoms with E-state index >= 15 is 0 Å². The van der Waals surface area contributed by atoms with E-state index in [1.54, 1.807) is 6.33 Å². The van der Waals surface area contributed by atoms with Crippen LogP contribution in [-0.2, 0) is 16.8 Å². The molecule has 2 aromatic rings. The summed E-state index contributed by atoms with van der Waals surface area (Å²) in [7, 11) is 0. The second kappa shape index (κ2) is 6.75. The molecule has 2 amide bonds. The molecule has 1 saturated carbocycles. The first-order valence-electron chi connectivity index (χ1n) is 10.8. The van der Waals surface area contributed by atoms with E-state index in [0.29, 0.717) is 13.1 Å². The minimum atomic E-state index is -0.371. The summed E-state index contributed by atoms with van der Waals surface area (Å²) in [5.74, 6) is 0.560. The maximum absolute atomic E-state index is 13.2. The number of carbonyl (C=O) groups is 2. The number of nitrogens with one attached hydrogen (secondary N) is 1. The van der Waals surface area contributed by atoms with Crippen LogP contribution in [0.4, 0.5) is 0 Å². The lowest BCUT2D eigenvalue weighted by Crippen LogP contribution is -2.59. The van der Waals surface area contributed by atoms with Crippen LogP contribution >= 0.6 is 0 Å². The smallest absolute Gasteiger partial charge is 0.270 e. The van der Waals surface area contributed by atoms with Crippen molar-refractivity contribution in [2.75, 3.05) is 19.6 Å². The Balaban J connectivity index is 1.40. The zero-order valence-electron chi connectivity index (χ0n) is 17.2. The largest absolute Gasteiger partial charge is 0.348 e. The fourth-order valence-corrected chi connectivity index (χ4v) is 5.12. The van der Waals surface area contributed by atoms with Gasteiger partial charge in [0.2, 0.25) is 5.91 Å². The molecular formula is C22H29N5O2. The van der Waals surface area contributed by atoms with E-state index < -0.39 is 0 Å². The molecule has 1 saturated heterocycles. The van der Waals surface area contributed by atoms with Crippen LogP contribution in [0.1, 0.15) is 67.4 Å². The van der Waals surface area contributed by atoms with Crippen LogP contribution in [0.2, 0.25) is 0 Å². The molecule has 3 aliphatic rings. The van der Waals surface area contributed by atoms with Gasteiger partial charge in [-0.2, -0.15) is 0 Å². The number of H-pyrrole nitrogens is 1. The molecule has 0 atom stereocenters. The molecule has 29 heavy (non-hydrogen) atoms. The van der Waals surface area contributed by atoms with Crippen molar-refractivity contribution < 1.29 is 9.59 Å². The molecule has 0 aromatic carbocycles. The average molecular weight is 396 g/mol. The van der Waals surface area contributed by atoms with Crippen LogP contribution in [0.15, 0.2) is 24.7 Å². The number of amides is 2. The average Bonchev–Trinajstić information content (AvgIpc) is 3.25. The van der Waals surface area contributed by atoms with Crippen LogP contribution in [0.5, 0.6) is 0 Å². The normalized spacial score (nSPS) is 20.9. The van der Waals surface area contributed by atoms with Gasteiger partial charge in [-0.1, -0.05) is 0 Å². The molecule has 7 heteroatoms. The quantitative estimate of drug-likeness (QED) is 0.868. The molecule has 1 aliphatic carbocycles. The molecule has 2 fully saturated rings. The Hall–Kier alpha value is -2.57. The second-order valence-corrected chi connectivity index (χ2v) is 8.96. The zero-order chi connectivity index (χ0) is 20.2. The molecule has 0 unspecified atom stereocenters. The lowest BCUT2D eigenvalue weighted by molar-refractivity contribution is -0.143. The summed E-state index contributed by atoms with van der Waals surface area (Å²) in [6.07, 6.45) is 8.07. The van der Waals surface area contributed by atoms with Crippen molar-refractivity contribution in [3.8, 4) is 0 Å². The molecular weight excluding hydrogens is 366 g/mol. The van der Waals surface area contributed by atoms with Crippen LogP contribution in [0.25, 0.3) is 0 Å². The van der Waals surface area contributed by atoms with Gasteiger partial charge in [0.1, 0.15) is 5.69 Å². The molecule has 5 rings (SSSR count). The van der Waals surface area contributed by atoms with Crippen molar-refractivity contribution in [2.45, 2.75) is 57.5 Å². The van der Waals surface area contributed by atoms with Gasteiger partial charge in [-0.25, -0.2) is 4.98 Å². The summed E-state index contributed by atoms with van der Waals surface area (Å²) < 4.78 is 2.03. The van der Waals surface area contributed by atoms with Crippen LogP contribution in [-0.4, -0.2) is 55.8 Å². The molecule has 2 aromatic heterocycles. The molecule has 1 N–H and O–H groups in total. The summed E-state index contributed by atoms with van der Waals surface area (Å²) in [5, 5.41) is 0. The summed E-state index contributed by atoms with van der Waals surface area (Å²) in [6.45, 7) is 6.20. The Kier molecular flexibility index (Phi) is 4.29. The van der Waals surface area contributed by atoms with E-state index in [-0.39, 0.29) is 29.3 Å². The highest BCUT2D eigenvalue weighted by Gasteiger charge is 2.51. The lowest BCUT2D eigenvalue weighted by Gasteiger charge is -2.50. The number of imidazole rings is 1. The second-order valence-electron chi connectivity index (χ2n) is 8.96. The maximum Gasteiger partial charge on any atom is 0.270 e. The highest BCUT2D eigenvalue weighted by molar-refractivity contribution is 5.93. The minimum absolute atomic E-state index is 0.0803. The molecule has 4 heterocycles. The standard InChI is InChI=1S/C22H29N5O2/c1-15(2)26-10-3-4-18(26)21(29)25-12-8-22(9-13-25)19-17(23-14-24-19)7-11-27(22)20(28)16-5-6-16/h3-4,10,14-16H,5-9,11-13H2,1-2H3,(H,23,24). The maximum atomic E-state index is 13.2. The lowest BCUT2D eigenvalue weighted by atomic mass is 9.78. The van der Waals surface area contributed by atoms with Gasteiger partial charge in [0.05, 0.1) is 17.6 Å². The molecule has 0 radical (unpaired) electrons. The van der Waals surface area contributed by atoms with Gasteiger partial charge in [-0.15, -0.1) is 0 Å². The van der Waals surface area contributed by atoms with Gasteiger partial charge in [0.15, 0.2) is 0 Å². The summed E-state index contributed by atoms with van der Waals surface area (Å²) >= 11 is 0. The van der Waals surface area contributed by atoms with E-state index in [4.69, 9.17) is 0 Å². The predicted molar refractivity (Wildman–Crippen MR) is 108 cm³/mol. The first-order chi connectivity index (χ1) is 14.0. The third-order valence-corrected chi connectivity index (χ3v) is 6.89. The van der Waals surface area contributed by atoms with E-state index in [9.17, 15) is 9.59 Å². The summed E-state index contributed by atoms with van der Waals surface area (Å²) in [6, 6.07) is 4.09. The summed E-state index contributed by atoms with van der Waals surface area (Å²) in [5.41, 5.74) is 2.55. The number of hydrogen-bond donors (Lipinski definition) is 1. The monoisotopic (exact) mass is 395 g/mol. The first-order valence-corrected chi connectivity index (χ1v) is 10.8.